The Morgan fingerprint density at radius 2 is 2.16 bits per heavy atom. The monoisotopic (exact) mass is 279 g/mol. The van der Waals surface area contributed by atoms with E-state index in [1.54, 1.807) is 0 Å². The maximum atomic E-state index is 5.43. The van der Waals surface area contributed by atoms with Crippen molar-refractivity contribution in [3.63, 3.8) is 0 Å². The normalized spacial score (nSPS) is 28.6. The van der Waals surface area contributed by atoms with Gasteiger partial charge in [0.2, 0.25) is 0 Å². The molecule has 3 unspecified atom stereocenters. The van der Waals surface area contributed by atoms with Crippen molar-refractivity contribution in [1.29, 1.82) is 0 Å². The summed E-state index contributed by atoms with van der Waals surface area (Å²) < 4.78 is 0. The van der Waals surface area contributed by atoms with Crippen LogP contribution in [0.3, 0.4) is 0 Å². The zero-order valence-electron chi connectivity index (χ0n) is 11.2. The number of thioether (sulfide) groups is 1. The second-order valence-corrected chi connectivity index (χ2v) is 6.36. The van der Waals surface area contributed by atoms with Gasteiger partial charge in [0.15, 0.2) is 5.16 Å². The fraction of sp³-hybridized carbons (Fsp3) is 0.692. The molecule has 0 aliphatic heterocycles. The first-order valence-electron chi connectivity index (χ1n) is 6.92. The fourth-order valence-electron chi connectivity index (χ4n) is 3.54. The molecule has 19 heavy (non-hydrogen) atoms. The Kier molecular flexibility index (Phi) is 3.79. The number of nitrogens with zero attached hydrogens (tertiary/aromatic N) is 2. The molecule has 0 radical (unpaired) electrons. The van der Waals surface area contributed by atoms with Gasteiger partial charge in [-0.05, 0) is 43.3 Å². The van der Waals surface area contributed by atoms with Gasteiger partial charge in [-0.15, -0.1) is 0 Å². The smallest absolute Gasteiger partial charge is 0.191 e. The van der Waals surface area contributed by atoms with Crippen LogP contribution in [0.1, 0.15) is 25.7 Å². The van der Waals surface area contributed by atoms with Gasteiger partial charge in [0.25, 0.3) is 0 Å². The molecule has 2 aliphatic carbocycles. The lowest BCUT2D eigenvalue weighted by Crippen LogP contribution is -2.21. The first-order valence-corrected chi connectivity index (χ1v) is 8.14. The number of hydrogen-bond donors (Lipinski definition) is 3. The Labute approximate surface area is 118 Å². The van der Waals surface area contributed by atoms with E-state index in [0.29, 0.717) is 5.82 Å². The number of rotatable bonds is 5. The molecule has 1 aromatic rings. The quantitative estimate of drug-likeness (QED) is 0.332. The number of fused-ring (bicyclic) bond motifs is 2. The molecule has 104 valence electrons. The van der Waals surface area contributed by atoms with Crippen molar-refractivity contribution in [2.75, 3.05) is 23.5 Å². The van der Waals surface area contributed by atoms with Crippen LogP contribution < -0.4 is 16.6 Å². The van der Waals surface area contributed by atoms with Crippen molar-refractivity contribution < 1.29 is 0 Å². The summed E-state index contributed by atoms with van der Waals surface area (Å²) in [5.74, 6) is 9.71. The van der Waals surface area contributed by atoms with Gasteiger partial charge >= 0.3 is 0 Å². The molecule has 2 saturated carbocycles. The van der Waals surface area contributed by atoms with Gasteiger partial charge in [-0.1, -0.05) is 18.2 Å². The van der Waals surface area contributed by atoms with E-state index in [1.165, 1.54) is 37.4 Å². The van der Waals surface area contributed by atoms with Crippen molar-refractivity contribution >= 4 is 23.4 Å². The Hall–Kier alpha value is -1.01. The minimum Gasteiger partial charge on any atom is -0.370 e. The van der Waals surface area contributed by atoms with Crippen molar-refractivity contribution in [3.8, 4) is 0 Å². The maximum Gasteiger partial charge on any atom is 0.191 e. The first kappa shape index (κ1) is 13.0. The average molecular weight is 279 g/mol. The Balaban J connectivity index is 1.63. The predicted octanol–water partition coefficient (Wildman–Crippen LogP) is 2.33. The number of hydrazine groups is 1. The van der Waals surface area contributed by atoms with E-state index in [0.717, 1.165) is 35.3 Å². The second kappa shape index (κ2) is 5.54. The number of aromatic nitrogens is 2. The Bertz CT molecular complexity index is 430. The summed E-state index contributed by atoms with van der Waals surface area (Å²) in [5.41, 5.74) is 2.59. The molecule has 5 nitrogen and oxygen atoms in total. The van der Waals surface area contributed by atoms with E-state index >= 15 is 0 Å². The molecular weight excluding hydrogens is 258 g/mol. The summed E-state index contributed by atoms with van der Waals surface area (Å²) in [6.45, 7) is 1.02. The van der Waals surface area contributed by atoms with Crippen LogP contribution in [0, 0.1) is 17.8 Å². The molecule has 4 N–H and O–H groups in total. The summed E-state index contributed by atoms with van der Waals surface area (Å²) >= 11 is 1.52. The number of anilines is 2. The maximum absolute atomic E-state index is 5.43. The molecule has 1 heterocycles. The van der Waals surface area contributed by atoms with Gasteiger partial charge in [-0.25, -0.2) is 15.8 Å². The fourth-order valence-corrected chi connectivity index (χ4v) is 3.92. The lowest BCUT2D eigenvalue weighted by atomic mass is 9.89. The van der Waals surface area contributed by atoms with Gasteiger partial charge in [-0.2, -0.15) is 0 Å². The summed E-state index contributed by atoms with van der Waals surface area (Å²) in [7, 11) is 0. The first-order chi connectivity index (χ1) is 9.28. The Morgan fingerprint density at radius 1 is 1.32 bits per heavy atom. The third kappa shape index (κ3) is 2.79. The number of hydrogen-bond acceptors (Lipinski definition) is 6. The lowest BCUT2D eigenvalue weighted by Gasteiger charge is -2.22. The zero-order chi connectivity index (χ0) is 13.2. The van der Waals surface area contributed by atoms with Crippen LogP contribution in [0.4, 0.5) is 11.6 Å². The van der Waals surface area contributed by atoms with E-state index in [2.05, 4.69) is 20.7 Å². The third-order valence-corrected chi connectivity index (χ3v) is 5.01. The van der Waals surface area contributed by atoms with Crippen molar-refractivity contribution in [3.05, 3.63) is 6.07 Å². The van der Waals surface area contributed by atoms with Crippen LogP contribution in [0.2, 0.25) is 0 Å². The molecule has 0 amide bonds. The lowest BCUT2D eigenvalue weighted by molar-refractivity contribution is 0.348. The molecule has 6 heteroatoms. The molecule has 2 aliphatic rings. The molecule has 3 rings (SSSR count). The summed E-state index contributed by atoms with van der Waals surface area (Å²) in [4.78, 5) is 8.73. The van der Waals surface area contributed by atoms with Crippen molar-refractivity contribution in [2.45, 2.75) is 30.8 Å². The van der Waals surface area contributed by atoms with E-state index in [-0.39, 0.29) is 0 Å². The molecule has 2 bridgehead atoms. The second-order valence-electron chi connectivity index (χ2n) is 5.59. The van der Waals surface area contributed by atoms with Crippen molar-refractivity contribution in [2.24, 2.45) is 23.6 Å². The topological polar surface area (TPSA) is 75.9 Å². The largest absolute Gasteiger partial charge is 0.370 e. The summed E-state index contributed by atoms with van der Waals surface area (Å²) in [6.07, 6.45) is 7.68. The predicted molar refractivity (Wildman–Crippen MR) is 79.1 cm³/mol. The zero-order valence-corrected chi connectivity index (χ0v) is 12.0. The van der Waals surface area contributed by atoms with Crippen molar-refractivity contribution in [1.82, 2.24) is 9.97 Å². The van der Waals surface area contributed by atoms with Gasteiger partial charge in [0, 0.05) is 12.6 Å². The average Bonchev–Trinajstić information content (AvgIpc) is 3.07. The van der Waals surface area contributed by atoms with Gasteiger partial charge < -0.3 is 10.7 Å². The minimum atomic E-state index is 0.662. The summed E-state index contributed by atoms with van der Waals surface area (Å²) in [6, 6.07) is 1.87. The highest BCUT2D eigenvalue weighted by atomic mass is 32.2. The van der Waals surface area contributed by atoms with Gasteiger partial charge in [0.05, 0.1) is 0 Å². The minimum absolute atomic E-state index is 0.662. The summed E-state index contributed by atoms with van der Waals surface area (Å²) in [5, 5.41) is 4.20. The number of nitrogens with one attached hydrogen (secondary N) is 2. The van der Waals surface area contributed by atoms with E-state index in [9.17, 15) is 0 Å². The van der Waals surface area contributed by atoms with Crippen LogP contribution in [0.25, 0.3) is 0 Å². The van der Waals surface area contributed by atoms with E-state index in [4.69, 9.17) is 5.84 Å². The molecular formula is C13H21N5S. The molecule has 1 aromatic heterocycles. The highest BCUT2D eigenvalue weighted by molar-refractivity contribution is 7.98. The van der Waals surface area contributed by atoms with E-state index < -0.39 is 0 Å². The van der Waals surface area contributed by atoms with Crippen LogP contribution >= 0.6 is 11.8 Å². The molecule has 2 fully saturated rings. The van der Waals surface area contributed by atoms with Gasteiger partial charge in [0.1, 0.15) is 11.6 Å². The molecule has 0 aromatic carbocycles. The van der Waals surface area contributed by atoms with Crippen LogP contribution in [0.5, 0.6) is 0 Å². The number of nitrogens with two attached hydrogens (primary N) is 1. The standard InChI is InChI=1S/C13H21N5S/c1-19-13-16-11(6-12(17-13)18-14)15-7-10-5-8-2-3-9(10)4-8/h6,8-10H,2-5,7,14H2,1H3,(H2,15,16,17,18). The SMILES string of the molecule is CSc1nc(NN)cc(NCC2CC3CCC2C3)n1. The third-order valence-electron chi connectivity index (χ3n) is 4.47. The Morgan fingerprint density at radius 3 is 2.79 bits per heavy atom. The molecule has 0 saturated heterocycles. The highest BCUT2D eigenvalue weighted by Gasteiger charge is 2.39. The highest BCUT2D eigenvalue weighted by Crippen LogP contribution is 2.48. The van der Waals surface area contributed by atoms with E-state index in [1.807, 2.05) is 12.3 Å². The molecule has 3 atom stereocenters. The van der Waals surface area contributed by atoms with Crippen LogP contribution in [-0.4, -0.2) is 22.8 Å². The van der Waals surface area contributed by atoms with Crippen LogP contribution in [0.15, 0.2) is 11.2 Å². The van der Waals surface area contributed by atoms with Crippen LogP contribution in [-0.2, 0) is 0 Å². The molecule has 0 spiro atoms. The number of nitrogen functional groups attached to an aromatic ring is 1. The van der Waals surface area contributed by atoms with Gasteiger partial charge in [-0.3, -0.25) is 0 Å².